The first-order valence-corrected chi connectivity index (χ1v) is 8.48. The minimum atomic E-state index is 0.583. The maximum atomic E-state index is 4.57. The first kappa shape index (κ1) is 14.9. The lowest BCUT2D eigenvalue weighted by molar-refractivity contribution is 0.0969. The number of aryl methyl sites for hydroxylation is 1. The van der Waals surface area contributed by atoms with E-state index in [0.717, 1.165) is 37.1 Å². The Bertz CT molecular complexity index is 456. The Morgan fingerprint density at radius 2 is 2.10 bits per heavy atom. The third-order valence-corrected chi connectivity index (χ3v) is 5.15. The largest absolute Gasteiger partial charge is 0.311 e. The van der Waals surface area contributed by atoms with Crippen LogP contribution in [0.4, 0.5) is 0 Å². The van der Waals surface area contributed by atoms with Gasteiger partial charge in [0.05, 0.1) is 5.69 Å². The highest BCUT2D eigenvalue weighted by Crippen LogP contribution is 2.28. The lowest BCUT2D eigenvalue weighted by atomic mass is 9.82. The van der Waals surface area contributed by atoms with Crippen LogP contribution in [-0.2, 0) is 6.54 Å². The van der Waals surface area contributed by atoms with Crippen LogP contribution in [0.3, 0.4) is 0 Å². The van der Waals surface area contributed by atoms with Crippen LogP contribution in [0.25, 0.3) is 0 Å². The highest BCUT2D eigenvalue weighted by molar-refractivity contribution is 5.03. The van der Waals surface area contributed by atoms with E-state index < -0.39 is 0 Å². The normalized spacial score (nSPS) is 28.7. The fourth-order valence-electron chi connectivity index (χ4n) is 3.82. The first-order chi connectivity index (χ1) is 10.2. The molecule has 2 atom stereocenters. The number of hydrogen-bond acceptors (Lipinski definition) is 4. The van der Waals surface area contributed by atoms with Crippen molar-refractivity contribution in [3.05, 3.63) is 23.8 Å². The monoisotopic (exact) mass is 288 g/mol. The second kappa shape index (κ2) is 6.84. The Kier molecular flexibility index (Phi) is 4.86. The summed E-state index contributed by atoms with van der Waals surface area (Å²) in [5.74, 6) is 1.75. The van der Waals surface area contributed by atoms with Gasteiger partial charge in [-0.05, 0) is 38.7 Å². The quantitative estimate of drug-likeness (QED) is 0.928. The second-order valence-corrected chi connectivity index (χ2v) is 6.79. The molecule has 3 rings (SSSR count). The molecule has 116 valence electrons. The standard InChI is InChI=1S/C17H28N4/c1-13-10-19-17(15-6-4-3-5-7-15)12-21(13)11-16-8-9-18-14(2)20-16/h8-9,13,15,17,19H,3-7,10-12H2,1-2H3. The molecule has 1 aromatic heterocycles. The zero-order chi connectivity index (χ0) is 14.7. The lowest BCUT2D eigenvalue weighted by Gasteiger charge is -2.42. The van der Waals surface area contributed by atoms with E-state index in [1.807, 2.05) is 13.1 Å². The third-order valence-electron chi connectivity index (χ3n) is 5.15. The molecule has 2 heterocycles. The molecule has 0 bridgehead atoms. The van der Waals surface area contributed by atoms with Gasteiger partial charge in [-0.25, -0.2) is 9.97 Å². The molecule has 1 saturated carbocycles. The van der Waals surface area contributed by atoms with Gasteiger partial charge in [-0.1, -0.05) is 19.3 Å². The molecule has 1 saturated heterocycles. The zero-order valence-electron chi connectivity index (χ0n) is 13.4. The Balaban J connectivity index is 1.63. The van der Waals surface area contributed by atoms with E-state index in [2.05, 4.69) is 33.2 Å². The average molecular weight is 288 g/mol. The fourth-order valence-corrected chi connectivity index (χ4v) is 3.82. The van der Waals surface area contributed by atoms with Gasteiger partial charge in [-0.15, -0.1) is 0 Å². The summed E-state index contributed by atoms with van der Waals surface area (Å²) in [7, 11) is 0. The van der Waals surface area contributed by atoms with Crippen LogP contribution in [0, 0.1) is 12.8 Å². The molecule has 1 aliphatic heterocycles. The van der Waals surface area contributed by atoms with Crippen molar-refractivity contribution in [1.82, 2.24) is 20.2 Å². The number of piperazine rings is 1. The van der Waals surface area contributed by atoms with Gasteiger partial charge in [-0.2, -0.15) is 0 Å². The second-order valence-electron chi connectivity index (χ2n) is 6.79. The summed E-state index contributed by atoms with van der Waals surface area (Å²) in [6, 6.07) is 3.31. The van der Waals surface area contributed by atoms with Gasteiger partial charge in [0.1, 0.15) is 5.82 Å². The summed E-state index contributed by atoms with van der Waals surface area (Å²) in [6.45, 7) is 7.50. The van der Waals surface area contributed by atoms with Crippen LogP contribution >= 0.6 is 0 Å². The molecule has 2 aliphatic rings. The molecule has 4 heteroatoms. The molecule has 0 radical (unpaired) electrons. The summed E-state index contributed by atoms with van der Waals surface area (Å²) >= 11 is 0. The number of hydrogen-bond donors (Lipinski definition) is 1. The van der Waals surface area contributed by atoms with Gasteiger partial charge >= 0.3 is 0 Å². The van der Waals surface area contributed by atoms with Crippen LogP contribution in [-0.4, -0.2) is 40.0 Å². The van der Waals surface area contributed by atoms with Crippen molar-refractivity contribution in [3.63, 3.8) is 0 Å². The van der Waals surface area contributed by atoms with E-state index in [0.29, 0.717) is 12.1 Å². The lowest BCUT2D eigenvalue weighted by Crippen LogP contribution is -2.57. The van der Waals surface area contributed by atoms with Gasteiger partial charge < -0.3 is 5.32 Å². The molecule has 1 aromatic rings. The van der Waals surface area contributed by atoms with E-state index in [1.54, 1.807) is 0 Å². The van der Waals surface area contributed by atoms with E-state index >= 15 is 0 Å². The summed E-state index contributed by atoms with van der Waals surface area (Å²) in [5, 5.41) is 3.79. The summed E-state index contributed by atoms with van der Waals surface area (Å²) in [6.07, 6.45) is 8.97. The third kappa shape index (κ3) is 3.80. The van der Waals surface area contributed by atoms with Gasteiger partial charge in [0.2, 0.25) is 0 Å². The highest BCUT2D eigenvalue weighted by Gasteiger charge is 2.31. The van der Waals surface area contributed by atoms with Gasteiger partial charge in [-0.3, -0.25) is 4.90 Å². The van der Waals surface area contributed by atoms with Crippen molar-refractivity contribution in [2.45, 2.75) is 64.6 Å². The van der Waals surface area contributed by atoms with Crippen molar-refractivity contribution in [2.75, 3.05) is 13.1 Å². The molecular formula is C17H28N4. The molecule has 1 N–H and O–H groups in total. The van der Waals surface area contributed by atoms with Crippen molar-refractivity contribution < 1.29 is 0 Å². The molecule has 1 aliphatic carbocycles. The predicted molar refractivity (Wildman–Crippen MR) is 85.0 cm³/mol. The maximum Gasteiger partial charge on any atom is 0.125 e. The Hall–Kier alpha value is -1.00. The van der Waals surface area contributed by atoms with E-state index in [4.69, 9.17) is 0 Å². The van der Waals surface area contributed by atoms with Crippen molar-refractivity contribution in [2.24, 2.45) is 5.92 Å². The van der Waals surface area contributed by atoms with Crippen LogP contribution in [0.15, 0.2) is 12.3 Å². The number of nitrogens with one attached hydrogen (secondary N) is 1. The molecule has 2 fully saturated rings. The Labute approximate surface area is 128 Å². The Morgan fingerprint density at radius 3 is 2.86 bits per heavy atom. The average Bonchev–Trinajstić information content (AvgIpc) is 2.50. The minimum absolute atomic E-state index is 0.583. The topological polar surface area (TPSA) is 41.1 Å². The smallest absolute Gasteiger partial charge is 0.125 e. The first-order valence-electron chi connectivity index (χ1n) is 8.48. The van der Waals surface area contributed by atoms with Crippen LogP contribution < -0.4 is 5.32 Å². The number of nitrogens with zero attached hydrogens (tertiary/aromatic N) is 3. The van der Waals surface area contributed by atoms with Crippen LogP contribution in [0.2, 0.25) is 0 Å². The Morgan fingerprint density at radius 1 is 1.29 bits per heavy atom. The SMILES string of the molecule is Cc1nccc(CN2CC(C3CCCCC3)NCC2C)n1. The van der Waals surface area contributed by atoms with Crippen LogP contribution in [0.1, 0.15) is 50.5 Å². The summed E-state index contributed by atoms with van der Waals surface area (Å²) in [5.41, 5.74) is 1.15. The fraction of sp³-hybridized carbons (Fsp3) is 0.765. The molecule has 21 heavy (non-hydrogen) atoms. The molecular weight excluding hydrogens is 260 g/mol. The number of rotatable bonds is 3. The molecule has 0 amide bonds. The minimum Gasteiger partial charge on any atom is -0.311 e. The van der Waals surface area contributed by atoms with Crippen molar-refractivity contribution >= 4 is 0 Å². The van der Waals surface area contributed by atoms with Crippen molar-refractivity contribution in [1.29, 1.82) is 0 Å². The summed E-state index contributed by atoms with van der Waals surface area (Å²) in [4.78, 5) is 11.4. The maximum absolute atomic E-state index is 4.57. The molecule has 2 unspecified atom stereocenters. The molecule has 0 aromatic carbocycles. The predicted octanol–water partition coefficient (Wildman–Crippen LogP) is 2.53. The van der Waals surface area contributed by atoms with Crippen molar-refractivity contribution in [3.8, 4) is 0 Å². The molecule has 4 nitrogen and oxygen atoms in total. The van der Waals surface area contributed by atoms with Gasteiger partial charge in [0.25, 0.3) is 0 Å². The highest BCUT2D eigenvalue weighted by atomic mass is 15.2. The van der Waals surface area contributed by atoms with E-state index in [9.17, 15) is 0 Å². The van der Waals surface area contributed by atoms with Crippen LogP contribution in [0.5, 0.6) is 0 Å². The van der Waals surface area contributed by atoms with Gasteiger partial charge in [0, 0.05) is 37.9 Å². The van der Waals surface area contributed by atoms with Gasteiger partial charge in [0.15, 0.2) is 0 Å². The van der Waals surface area contributed by atoms with E-state index in [-0.39, 0.29) is 0 Å². The van der Waals surface area contributed by atoms with E-state index in [1.165, 1.54) is 32.1 Å². The molecule has 0 spiro atoms. The number of aromatic nitrogens is 2. The zero-order valence-corrected chi connectivity index (χ0v) is 13.4. The summed E-state index contributed by atoms with van der Waals surface area (Å²) < 4.78 is 0.